The topological polar surface area (TPSA) is 153 Å². The fraction of sp³-hybridized carbons (Fsp3) is 0.543. The van der Waals surface area contributed by atoms with Gasteiger partial charge >= 0.3 is 0 Å². The first-order chi connectivity index (χ1) is 23.4. The zero-order valence-electron chi connectivity index (χ0n) is 29.1. The lowest BCUT2D eigenvalue weighted by Gasteiger charge is -2.36. The van der Waals surface area contributed by atoms with Crippen molar-refractivity contribution in [3.8, 4) is 17.2 Å². The number of likely N-dealkylation sites (N-methyl/N-ethyl adjacent to an activating group) is 1. The number of hydrogen-bond donors (Lipinski definition) is 2. The fourth-order valence-corrected chi connectivity index (χ4v) is 7.62. The Balaban J connectivity index is 1.41. The van der Waals surface area contributed by atoms with E-state index in [9.17, 15) is 18.3 Å². The van der Waals surface area contributed by atoms with Gasteiger partial charge in [-0.25, -0.2) is 8.42 Å². The standard InChI is InChI=1S/C35H48N4O9S/c1-22-17-39(23(2)20-40)35(41)29-16-28(37-49(42,43)34-25(4)36-48-26(34)5)11-13-30(29)47-24(3)9-7-8-14-44-33(22)19-38(6)18-27-10-12-31-32(15-27)46-21-45-31/h10-13,15-16,22-24,33,37,40H,7-9,14,17-21H2,1-6H3/t22-,23+,24-,33-/m0/s1. The maximum Gasteiger partial charge on any atom is 0.267 e. The molecule has 0 unspecified atom stereocenters. The molecule has 2 aliphatic heterocycles. The summed E-state index contributed by atoms with van der Waals surface area (Å²) in [6.07, 6.45) is 2.00. The van der Waals surface area contributed by atoms with Crippen LogP contribution in [0.25, 0.3) is 0 Å². The zero-order valence-corrected chi connectivity index (χ0v) is 29.9. The predicted molar refractivity (Wildman–Crippen MR) is 183 cm³/mol. The van der Waals surface area contributed by atoms with Crippen molar-refractivity contribution < 1.29 is 41.8 Å². The van der Waals surface area contributed by atoms with Crippen LogP contribution in [0.1, 0.15) is 67.4 Å². The Bertz CT molecular complexity index is 1690. The lowest BCUT2D eigenvalue weighted by Crippen LogP contribution is -2.47. The van der Waals surface area contributed by atoms with Crippen molar-refractivity contribution in [3.05, 3.63) is 59.0 Å². The number of anilines is 1. The Kier molecular flexibility index (Phi) is 11.7. The highest BCUT2D eigenvalue weighted by Crippen LogP contribution is 2.33. The summed E-state index contributed by atoms with van der Waals surface area (Å²) in [4.78, 5) is 18.2. The molecule has 0 radical (unpaired) electrons. The van der Waals surface area contributed by atoms with Gasteiger partial charge in [0, 0.05) is 37.8 Å². The minimum atomic E-state index is -4.07. The SMILES string of the molecule is Cc1noc(C)c1S(=O)(=O)Nc1ccc2c(c1)C(=O)N([C@H](C)CO)C[C@H](C)[C@H](CN(C)Cc1ccc3c(c1)OCO3)OCCCC[C@H](C)O2. The molecule has 0 spiro atoms. The summed E-state index contributed by atoms with van der Waals surface area (Å²) >= 11 is 0. The second kappa shape index (κ2) is 15.8. The summed E-state index contributed by atoms with van der Waals surface area (Å²) in [5, 5.41) is 14.0. The van der Waals surface area contributed by atoms with E-state index >= 15 is 0 Å². The van der Waals surface area contributed by atoms with Crippen molar-refractivity contribution in [2.24, 2.45) is 5.92 Å². The number of nitrogens with one attached hydrogen (secondary N) is 1. The van der Waals surface area contributed by atoms with E-state index < -0.39 is 22.0 Å². The number of hydrogen-bond acceptors (Lipinski definition) is 11. The van der Waals surface area contributed by atoms with Crippen LogP contribution in [0.5, 0.6) is 17.2 Å². The van der Waals surface area contributed by atoms with Gasteiger partial charge in [0.05, 0.1) is 30.4 Å². The zero-order chi connectivity index (χ0) is 35.3. The Morgan fingerprint density at radius 1 is 1.08 bits per heavy atom. The first-order valence-corrected chi connectivity index (χ1v) is 18.2. The Hall–Kier alpha value is -3.85. The van der Waals surface area contributed by atoms with Gasteiger partial charge in [-0.15, -0.1) is 0 Å². The molecule has 0 bridgehead atoms. The molecule has 0 aliphatic carbocycles. The van der Waals surface area contributed by atoms with Crippen molar-refractivity contribution in [3.63, 3.8) is 0 Å². The van der Waals surface area contributed by atoms with E-state index in [1.165, 1.54) is 13.0 Å². The van der Waals surface area contributed by atoms with E-state index in [1.807, 2.05) is 39.1 Å². The average molecular weight is 701 g/mol. The van der Waals surface area contributed by atoms with Gasteiger partial charge in [0.15, 0.2) is 22.2 Å². The number of ether oxygens (including phenoxy) is 4. The fourth-order valence-electron chi connectivity index (χ4n) is 6.24. The molecule has 49 heavy (non-hydrogen) atoms. The van der Waals surface area contributed by atoms with Crippen molar-refractivity contribution in [1.29, 1.82) is 0 Å². The molecule has 3 aromatic rings. The van der Waals surface area contributed by atoms with Crippen LogP contribution in [0.15, 0.2) is 45.8 Å². The van der Waals surface area contributed by atoms with Crippen LogP contribution in [0.4, 0.5) is 5.69 Å². The smallest absolute Gasteiger partial charge is 0.267 e. The highest BCUT2D eigenvalue weighted by Gasteiger charge is 2.31. The van der Waals surface area contributed by atoms with Crippen molar-refractivity contribution >= 4 is 21.6 Å². The van der Waals surface area contributed by atoms with Crippen molar-refractivity contribution in [2.45, 2.75) is 83.6 Å². The second-order valence-corrected chi connectivity index (χ2v) is 14.8. The summed E-state index contributed by atoms with van der Waals surface area (Å²) in [5.41, 5.74) is 1.68. The third-order valence-electron chi connectivity index (χ3n) is 8.92. The van der Waals surface area contributed by atoms with Gasteiger partial charge in [-0.1, -0.05) is 18.1 Å². The van der Waals surface area contributed by atoms with Gasteiger partial charge in [-0.2, -0.15) is 0 Å². The number of carbonyl (C=O) groups is 1. The van der Waals surface area contributed by atoms with Gasteiger partial charge in [0.1, 0.15) is 11.4 Å². The van der Waals surface area contributed by atoms with E-state index in [4.69, 9.17) is 23.5 Å². The first-order valence-electron chi connectivity index (χ1n) is 16.7. The summed E-state index contributed by atoms with van der Waals surface area (Å²) in [5.74, 6) is 1.46. The van der Waals surface area contributed by atoms with Gasteiger partial charge in [-0.3, -0.25) is 14.4 Å². The third-order valence-corrected chi connectivity index (χ3v) is 10.5. The molecule has 1 amide bonds. The van der Waals surface area contributed by atoms with Crippen LogP contribution in [0, 0.1) is 19.8 Å². The lowest BCUT2D eigenvalue weighted by atomic mass is 10.0. The molecule has 2 N–H and O–H groups in total. The van der Waals surface area contributed by atoms with Gasteiger partial charge in [0.2, 0.25) is 6.79 Å². The maximum atomic E-state index is 14.4. The number of aliphatic hydroxyl groups is 1. The Morgan fingerprint density at radius 3 is 2.57 bits per heavy atom. The maximum absolute atomic E-state index is 14.4. The molecule has 1 aromatic heterocycles. The van der Waals surface area contributed by atoms with Gasteiger partial charge in [-0.05, 0) is 89.9 Å². The number of aryl methyl sites for hydroxylation is 2. The minimum Gasteiger partial charge on any atom is -0.490 e. The quantitative estimate of drug-likeness (QED) is 0.318. The normalized spacial score (nSPS) is 21.2. The number of carbonyl (C=O) groups excluding carboxylic acids is 1. The summed E-state index contributed by atoms with van der Waals surface area (Å²) in [7, 11) is -2.04. The molecule has 2 aromatic carbocycles. The van der Waals surface area contributed by atoms with E-state index in [1.54, 1.807) is 30.9 Å². The van der Waals surface area contributed by atoms with E-state index in [-0.39, 0.29) is 65.7 Å². The molecule has 0 fully saturated rings. The predicted octanol–water partition coefficient (Wildman–Crippen LogP) is 4.75. The molecule has 3 heterocycles. The van der Waals surface area contributed by atoms with Crippen LogP contribution >= 0.6 is 0 Å². The molecule has 268 valence electrons. The first kappa shape index (κ1) is 36.4. The molecule has 4 atom stereocenters. The number of aliphatic hydroxyl groups excluding tert-OH is 1. The van der Waals surface area contributed by atoms with Gasteiger partial charge in [0.25, 0.3) is 15.9 Å². The highest BCUT2D eigenvalue weighted by atomic mass is 32.2. The lowest BCUT2D eigenvalue weighted by molar-refractivity contribution is -0.0177. The highest BCUT2D eigenvalue weighted by molar-refractivity contribution is 7.92. The van der Waals surface area contributed by atoms with Crippen LogP contribution in [0.2, 0.25) is 0 Å². The molecule has 2 aliphatic rings. The molecule has 14 heteroatoms. The minimum absolute atomic E-state index is 0.0531. The summed E-state index contributed by atoms with van der Waals surface area (Å²) < 4.78 is 58.1. The number of benzene rings is 2. The van der Waals surface area contributed by atoms with E-state index in [0.29, 0.717) is 25.4 Å². The third kappa shape index (κ3) is 8.85. The molecular weight excluding hydrogens is 652 g/mol. The molecule has 0 saturated heterocycles. The van der Waals surface area contributed by atoms with Crippen molar-refractivity contribution in [2.75, 3.05) is 44.9 Å². The Morgan fingerprint density at radius 2 is 1.84 bits per heavy atom. The van der Waals surface area contributed by atoms with Crippen LogP contribution < -0.4 is 18.9 Å². The number of fused-ring (bicyclic) bond motifs is 2. The van der Waals surface area contributed by atoms with Crippen molar-refractivity contribution in [1.82, 2.24) is 15.0 Å². The second-order valence-electron chi connectivity index (χ2n) is 13.2. The van der Waals surface area contributed by atoms with E-state index in [2.05, 4.69) is 14.8 Å². The number of aromatic nitrogens is 1. The summed E-state index contributed by atoms with van der Waals surface area (Å²) in [6.45, 7) is 10.9. The largest absolute Gasteiger partial charge is 0.490 e. The Labute approximate surface area is 288 Å². The number of sulfonamides is 1. The van der Waals surface area contributed by atoms with Crippen LogP contribution in [-0.2, 0) is 21.3 Å². The number of rotatable bonds is 9. The number of amides is 1. The molecule has 13 nitrogen and oxygen atoms in total. The molecular formula is C35H48N4O9S. The average Bonchev–Trinajstić information content (AvgIpc) is 3.67. The monoisotopic (exact) mass is 700 g/mol. The molecule has 5 rings (SSSR count). The summed E-state index contributed by atoms with van der Waals surface area (Å²) in [6, 6.07) is 10.1. The number of nitrogens with zero attached hydrogens (tertiary/aromatic N) is 3. The van der Waals surface area contributed by atoms with Crippen LogP contribution in [-0.4, -0.2) is 92.8 Å². The molecule has 0 saturated carbocycles. The van der Waals surface area contributed by atoms with Crippen LogP contribution in [0.3, 0.4) is 0 Å². The van der Waals surface area contributed by atoms with Gasteiger partial charge < -0.3 is 33.5 Å². The van der Waals surface area contributed by atoms with E-state index in [0.717, 1.165) is 36.3 Å².